The average molecular weight is 534 g/mol. The number of benzene rings is 6. The number of para-hydroxylation sites is 1. The molecule has 0 amide bonds. The molecule has 2 aromatic heterocycles. The van der Waals surface area contributed by atoms with Crippen LogP contribution in [0, 0.1) is 0 Å². The van der Waals surface area contributed by atoms with Crippen molar-refractivity contribution in [2.24, 2.45) is 0 Å². The quantitative estimate of drug-likeness (QED) is 0.212. The Balaban J connectivity index is 1.41. The van der Waals surface area contributed by atoms with Gasteiger partial charge in [-0.1, -0.05) is 115 Å². The summed E-state index contributed by atoms with van der Waals surface area (Å²) in [6, 6.07) is 40.9. The molecule has 0 saturated carbocycles. The van der Waals surface area contributed by atoms with Gasteiger partial charge < -0.3 is 4.42 Å². The monoisotopic (exact) mass is 533 g/mol. The van der Waals surface area contributed by atoms with Crippen LogP contribution in [0.2, 0.25) is 5.02 Å². The van der Waals surface area contributed by atoms with E-state index in [1.807, 2.05) is 66.7 Å². The molecule has 0 aliphatic heterocycles. The molecule has 0 aliphatic rings. The van der Waals surface area contributed by atoms with E-state index < -0.39 is 0 Å². The first-order valence-corrected chi connectivity index (χ1v) is 13.4. The lowest BCUT2D eigenvalue weighted by atomic mass is 9.99. The summed E-state index contributed by atoms with van der Waals surface area (Å²) in [6.45, 7) is 0. The number of nitrogens with zero attached hydrogens (tertiary/aromatic N) is 3. The third-order valence-electron chi connectivity index (χ3n) is 7.39. The van der Waals surface area contributed by atoms with Gasteiger partial charge in [-0.15, -0.1) is 0 Å². The second-order valence-corrected chi connectivity index (χ2v) is 10.2. The van der Waals surface area contributed by atoms with Gasteiger partial charge >= 0.3 is 0 Å². The third kappa shape index (κ3) is 3.65. The lowest BCUT2D eigenvalue weighted by molar-refractivity contribution is 0.669. The van der Waals surface area contributed by atoms with E-state index in [0.717, 1.165) is 38.4 Å². The second-order valence-electron chi connectivity index (χ2n) is 9.79. The van der Waals surface area contributed by atoms with E-state index in [1.54, 1.807) is 0 Å². The van der Waals surface area contributed by atoms with Gasteiger partial charge in [-0.3, -0.25) is 0 Å². The van der Waals surface area contributed by atoms with Crippen LogP contribution < -0.4 is 0 Å². The maximum Gasteiger partial charge on any atom is 0.164 e. The fourth-order valence-corrected chi connectivity index (χ4v) is 5.70. The van der Waals surface area contributed by atoms with Crippen molar-refractivity contribution in [2.75, 3.05) is 0 Å². The first kappa shape index (κ1) is 22.9. The zero-order chi connectivity index (χ0) is 26.6. The summed E-state index contributed by atoms with van der Waals surface area (Å²) in [5, 5.41) is 7.17. The SMILES string of the molecule is Clc1cccc2c1oc1cccc(-c3nc(-c4ccccc4)nc(-c4ccc5ccc6ccccc6c5c4)n3)c12. The Labute approximate surface area is 234 Å². The maximum atomic E-state index is 6.49. The van der Waals surface area contributed by atoms with Gasteiger partial charge in [-0.25, -0.2) is 15.0 Å². The Kier molecular flexibility index (Phi) is 5.15. The van der Waals surface area contributed by atoms with Crippen LogP contribution in [0.4, 0.5) is 0 Å². The van der Waals surface area contributed by atoms with Gasteiger partial charge in [0.25, 0.3) is 0 Å². The minimum atomic E-state index is 0.573. The number of fused-ring (bicyclic) bond motifs is 6. The van der Waals surface area contributed by atoms with E-state index in [0.29, 0.717) is 28.1 Å². The molecule has 188 valence electrons. The summed E-state index contributed by atoms with van der Waals surface area (Å²) in [4.78, 5) is 15.0. The Morgan fingerprint density at radius 3 is 2.05 bits per heavy atom. The van der Waals surface area contributed by atoms with E-state index in [4.69, 9.17) is 31.0 Å². The summed E-state index contributed by atoms with van der Waals surface area (Å²) >= 11 is 6.49. The van der Waals surface area contributed by atoms with Crippen molar-refractivity contribution in [3.63, 3.8) is 0 Å². The van der Waals surface area contributed by atoms with Gasteiger partial charge in [-0.2, -0.15) is 0 Å². The highest BCUT2D eigenvalue weighted by Gasteiger charge is 2.18. The molecule has 0 radical (unpaired) electrons. The highest BCUT2D eigenvalue weighted by atomic mass is 35.5. The Morgan fingerprint density at radius 2 is 1.18 bits per heavy atom. The van der Waals surface area contributed by atoms with E-state index >= 15 is 0 Å². The molecule has 8 rings (SSSR count). The average Bonchev–Trinajstić information content (AvgIpc) is 3.41. The lowest BCUT2D eigenvalue weighted by Gasteiger charge is -2.10. The van der Waals surface area contributed by atoms with Crippen molar-refractivity contribution < 1.29 is 4.42 Å². The van der Waals surface area contributed by atoms with Crippen LogP contribution in [-0.2, 0) is 0 Å². The van der Waals surface area contributed by atoms with Gasteiger partial charge in [0.05, 0.1) is 5.02 Å². The molecule has 5 heteroatoms. The Morgan fingerprint density at radius 1 is 0.500 bits per heavy atom. The largest absolute Gasteiger partial charge is 0.454 e. The fourth-order valence-electron chi connectivity index (χ4n) is 5.48. The smallest absolute Gasteiger partial charge is 0.164 e. The second kappa shape index (κ2) is 9.01. The van der Waals surface area contributed by atoms with Crippen LogP contribution >= 0.6 is 11.6 Å². The zero-order valence-electron chi connectivity index (χ0n) is 21.2. The zero-order valence-corrected chi connectivity index (χ0v) is 21.9. The van der Waals surface area contributed by atoms with Gasteiger partial charge in [-0.05, 0) is 39.7 Å². The van der Waals surface area contributed by atoms with Crippen molar-refractivity contribution in [1.82, 2.24) is 15.0 Å². The number of rotatable bonds is 3. The van der Waals surface area contributed by atoms with Crippen LogP contribution in [0.3, 0.4) is 0 Å². The first-order valence-electron chi connectivity index (χ1n) is 13.1. The number of furan rings is 1. The summed E-state index contributed by atoms with van der Waals surface area (Å²) in [5.41, 5.74) is 4.11. The van der Waals surface area contributed by atoms with Crippen LogP contribution in [0.15, 0.2) is 126 Å². The topological polar surface area (TPSA) is 51.8 Å². The number of halogens is 1. The van der Waals surface area contributed by atoms with Gasteiger partial charge in [0.15, 0.2) is 23.1 Å². The molecule has 0 atom stereocenters. The van der Waals surface area contributed by atoms with Crippen molar-refractivity contribution >= 4 is 55.1 Å². The Bertz CT molecular complexity index is 2240. The molecular weight excluding hydrogens is 514 g/mol. The van der Waals surface area contributed by atoms with Crippen molar-refractivity contribution in [3.8, 4) is 34.2 Å². The summed E-state index contributed by atoms with van der Waals surface area (Å²) in [7, 11) is 0. The lowest BCUT2D eigenvalue weighted by Crippen LogP contribution is -2.00. The molecule has 0 fully saturated rings. The molecule has 0 bridgehead atoms. The van der Waals surface area contributed by atoms with Crippen molar-refractivity contribution in [3.05, 3.63) is 126 Å². The minimum absolute atomic E-state index is 0.573. The normalized spacial score (nSPS) is 11.6. The highest BCUT2D eigenvalue weighted by Crippen LogP contribution is 2.39. The summed E-state index contributed by atoms with van der Waals surface area (Å²) in [6.07, 6.45) is 0. The maximum absolute atomic E-state index is 6.49. The van der Waals surface area contributed by atoms with Gasteiger partial charge in [0.1, 0.15) is 5.58 Å². The van der Waals surface area contributed by atoms with Crippen LogP contribution in [0.5, 0.6) is 0 Å². The number of hydrogen-bond donors (Lipinski definition) is 0. The third-order valence-corrected chi connectivity index (χ3v) is 7.69. The minimum Gasteiger partial charge on any atom is -0.454 e. The number of hydrogen-bond acceptors (Lipinski definition) is 4. The molecular formula is C35H20ClN3O. The van der Waals surface area contributed by atoms with Gasteiger partial charge in [0.2, 0.25) is 0 Å². The first-order chi connectivity index (χ1) is 19.7. The molecule has 0 aliphatic carbocycles. The Hall–Kier alpha value is -5.06. The molecule has 0 N–H and O–H groups in total. The molecule has 0 spiro atoms. The standard InChI is InChI=1S/C35H20ClN3O/c36-29-14-6-12-26-31-27(13-7-15-30(31)40-32(26)29)35-38-33(23-9-2-1-3-10-23)37-34(39-35)24-19-18-22-17-16-21-8-4-5-11-25(21)28(22)20-24/h1-20H. The van der Waals surface area contributed by atoms with Crippen LogP contribution in [0.25, 0.3) is 77.6 Å². The predicted molar refractivity (Wildman–Crippen MR) is 163 cm³/mol. The van der Waals surface area contributed by atoms with E-state index in [9.17, 15) is 0 Å². The van der Waals surface area contributed by atoms with Crippen molar-refractivity contribution in [2.45, 2.75) is 0 Å². The van der Waals surface area contributed by atoms with Crippen LogP contribution in [0.1, 0.15) is 0 Å². The number of aromatic nitrogens is 3. The molecule has 0 unspecified atom stereocenters. The van der Waals surface area contributed by atoms with E-state index in [2.05, 4.69) is 54.6 Å². The molecule has 2 heterocycles. The highest BCUT2D eigenvalue weighted by molar-refractivity contribution is 6.36. The van der Waals surface area contributed by atoms with E-state index in [-0.39, 0.29) is 0 Å². The van der Waals surface area contributed by atoms with Crippen molar-refractivity contribution in [1.29, 1.82) is 0 Å². The molecule has 0 saturated heterocycles. The van der Waals surface area contributed by atoms with Crippen LogP contribution in [-0.4, -0.2) is 15.0 Å². The van der Waals surface area contributed by atoms with E-state index in [1.165, 1.54) is 16.2 Å². The molecule has 40 heavy (non-hydrogen) atoms. The predicted octanol–water partition coefficient (Wildman–Crippen LogP) is 9.73. The molecule has 8 aromatic rings. The van der Waals surface area contributed by atoms with Gasteiger partial charge in [0, 0.05) is 27.5 Å². The molecule has 6 aromatic carbocycles. The molecule has 4 nitrogen and oxygen atoms in total. The fraction of sp³-hybridized carbons (Fsp3) is 0. The summed E-state index contributed by atoms with van der Waals surface area (Å²) < 4.78 is 6.16. The summed E-state index contributed by atoms with van der Waals surface area (Å²) in [5.74, 6) is 1.80.